The lowest BCUT2D eigenvalue weighted by atomic mass is 9.70. The predicted molar refractivity (Wildman–Crippen MR) is 201 cm³/mol. The average molecular weight is 791 g/mol. The van der Waals surface area contributed by atoms with Crippen LogP contribution in [0.5, 0.6) is 0 Å². The number of likely N-dealkylation sites (tertiary alicyclic amines) is 1. The van der Waals surface area contributed by atoms with Gasteiger partial charge in [-0.05, 0) is 36.1 Å². The zero-order valence-electron chi connectivity index (χ0n) is 28.5. The quantitative estimate of drug-likeness (QED) is 0.115. The number of esters is 1. The first-order valence-electron chi connectivity index (χ1n) is 17.3. The van der Waals surface area contributed by atoms with E-state index in [2.05, 4.69) is 34.4 Å². The Kier molecular flexibility index (Phi) is 11.6. The molecular formula is C40H41BrClN3O7. The summed E-state index contributed by atoms with van der Waals surface area (Å²) in [7, 11) is 0. The normalized spacial score (nSPS) is 25.6. The number of halogens is 2. The molecule has 0 aliphatic carbocycles. The van der Waals surface area contributed by atoms with E-state index in [4.69, 9.17) is 21.1 Å². The fourth-order valence-electron chi connectivity index (χ4n) is 7.88. The highest BCUT2D eigenvalue weighted by Crippen LogP contribution is 2.61. The summed E-state index contributed by atoms with van der Waals surface area (Å²) in [4.78, 5) is 59.5. The summed E-state index contributed by atoms with van der Waals surface area (Å²) in [5, 5.41) is 14.1. The second-order valence-electron chi connectivity index (χ2n) is 13.2. The number of hydrogen-bond donors (Lipinski definition) is 2. The number of carbonyl (C=O) groups is 4. The predicted octanol–water partition coefficient (Wildman–Crippen LogP) is 5.71. The highest BCUT2D eigenvalue weighted by atomic mass is 79.9. The number of benzene rings is 3. The molecule has 1 unspecified atom stereocenters. The van der Waals surface area contributed by atoms with E-state index in [9.17, 15) is 19.5 Å². The topological polar surface area (TPSA) is 125 Å². The number of fused-ring (bicyclic) bond motifs is 1. The third kappa shape index (κ3) is 6.94. The van der Waals surface area contributed by atoms with Crippen LogP contribution < -0.4 is 10.2 Å². The van der Waals surface area contributed by atoms with Crippen molar-refractivity contribution in [1.82, 2.24) is 10.2 Å². The van der Waals surface area contributed by atoms with Gasteiger partial charge in [-0.3, -0.25) is 19.2 Å². The minimum absolute atomic E-state index is 0.00759. The van der Waals surface area contributed by atoms with Crippen LogP contribution in [-0.4, -0.2) is 76.0 Å². The second-order valence-corrected chi connectivity index (χ2v) is 14.8. The fourth-order valence-corrected chi connectivity index (χ4v) is 9.06. The molecule has 12 heteroatoms. The number of allylic oxidation sites excluding steroid dienone is 1. The molecule has 0 radical (unpaired) electrons. The van der Waals surface area contributed by atoms with Gasteiger partial charge in [0.15, 0.2) is 0 Å². The van der Waals surface area contributed by atoms with Crippen LogP contribution in [-0.2, 0) is 28.7 Å². The highest BCUT2D eigenvalue weighted by Gasteiger charge is 2.77. The molecule has 3 aromatic rings. The van der Waals surface area contributed by atoms with E-state index in [0.29, 0.717) is 28.3 Å². The molecular weight excluding hydrogens is 750 g/mol. The summed E-state index contributed by atoms with van der Waals surface area (Å²) >= 11 is 10.3. The number of anilines is 1. The zero-order valence-corrected chi connectivity index (χ0v) is 30.8. The first kappa shape index (κ1) is 37.5. The Balaban J connectivity index is 1.40. The Morgan fingerprint density at radius 2 is 1.69 bits per heavy atom. The van der Waals surface area contributed by atoms with E-state index in [0.717, 1.165) is 0 Å². The number of nitrogens with zero attached hydrogens (tertiary/aromatic N) is 2. The van der Waals surface area contributed by atoms with Gasteiger partial charge >= 0.3 is 5.97 Å². The van der Waals surface area contributed by atoms with Gasteiger partial charge in [0.1, 0.15) is 17.7 Å². The molecule has 3 aliphatic heterocycles. The van der Waals surface area contributed by atoms with Gasteiger partial charge in [0, 0.05) is 17.8 Å². The molecule has 272 valence electrons. The average Bonchev–Trinajstić information content (AvgIpc) is 3.76. The summed E-state index contributed by atoms with van der Waals surface area (Å²) in [6.45, 7) is 7.11. The number of para-hydroxylation sites is 1. The lowest BCUT2D eigenvalue weighted by Crippen LogP contribution is -2.57. The maximum atomic E-state index is 15.1. The summed E-state index contributed by atoms with van der Waals surface area (Å²) in [5.41, 5.74) is 0.230. The van der Waals surface area contributed by atoms with Crippen molar-refractivity contribution in [3.05, 3.63) is 126 Å². The molecule has 2 N–H and O–H groups in total. The van der Waals surface area contributed by atoms with Gasteiger partial charge in [-0.1, -0.05) is 112 Å². The van der Waals surface area contributed by atoms with Gasteiger partial charge in [0.05, 0.1) is 47.8 Å². The first-order valence-corrected chi connectivity index (χ1v) is 18.6. The largest absolute Gasteiger partial charge is 0.455 e. The lowest BCUT2D eigenvalue weighted by Gasteiger charge is -2.39. The molecule has 2 bridgehead atoms. The van der Waals surface area contributed by atoms with Crippen LogP contribution in [0.15, 0.2) is 110 Å². The number of amides is 3. The first-order chi connectivity index (χ1) is 25.2. The van der Waals surface area contributed by atoms with Gasteiger partial charge in [-0.2, -0.15) is 0 Å². The summed E-state index contributed by atoms with van der Waals surface area (Å²) in [6.07, 6.45) is 2.53. The molecule has 10 nitrogen and oxygen atoms in total. The Hall–Kier alpha value is -4.29. The summed E-state index contributed by atoms with van der Waals surface area (Å²) in [6, 6.07) is 22.7. The van der Waals surface area contributed by atoms with Gasteiger partial charge < -0.3 is 29.7 Å². The zero-order chi connectivity index (χ0) is 37.0. The summed E-state index contributed by atoms with van der Waals surface area (Å²) in [5.74, 6) is -4.11. The minimum atomic E-state index is -1.46. The van der Waals surface area contributed by atoms with Crippen molar-refractivity contribution in [2.45, 2.75) is 54.0 Å². The number of nitrogens with one attached hydrogen (secondary N) is 1. The van der Waals surface area contributed by atoms with E-state index in [1.54, 1.807) is 84.9 Å². The number of aliphatic hydroxyl groups is 1. The van der Waals surface area contributed by atoms with Crippen LogP contribution in [0.1, 0.15) is 42.5 Å². The minimum Gasteiger partial charge on any atom is -0.455 e. The third-order valence-electron chi connectivity index (χ3n) is 10.1. The van der Waals surface area contributed by atoms with Crippen molar-refractivity contribution < 1.29 is 33.8 Å². The van der Waals surface area contributed by atoms with Crippen LogP contribution >= 0.6 is 27.5 Å². The highest BCUT2D eigenvalue weighted by molar-refractivity contribution is 9.09. The Labute approximate surface area is 316 Å². The van der Waals surface area contributed by atoms with Crippen LogP contribution in [0.25, 0.3) is 0 Å². The van der Waals surface area contributed by atoms with Crippen molar-refractivity contribution in [2.75, 3.05) is 24.6 Å². The van der Waals surface area contributed by atoms with Gasteiger partial charge in [-0.25, -0.2) is 0 Å². The molecule has 3 amide bonds. The Morgan fingerprint density at radius 1 is 1.04 bits per heavy atom. The Morgan fingerprint density at radius 3 is 2.33 bits per heavy atom. The van der Waals surface area contributed by atoms with Crippen molar-refractivity contribution in [1.29, 1.82) is 0 Å². The molecule has 0 saturated carbocycles. The fraction of sp³-hybridized carbons (Fsp3) is 0.350. The van der Waals surface area contributed by atoms with Gasteiger partial charge in [0.25, 0.3) is 5.91 Å². The van der Waals surface area contributed by atoms with Gasteiger partial charge in [-0.15, -0.1) is 13.2 Å². The number of hydrogen-bond acceptors (Lipinski definition) is 7. The standard InChI is InChI=1S/C40H41BrClN3O7/c1-3-5-20-32(47)43-23-31(26-16-10-7-11-17-26)51-39(50)33-34-37(48)45(30(24-46)25-14-8-6-9-15-25)36(40(34)22-27(41)35(33)52-40)38(49)44(21-4-2)29-19-13-12-18-28(29)42/h3-4,6-19,27,30-31,33-36,46H,1-2,5,20-24H2,(H,43,47)/t27?,30-,31-,33-,34+,35-,36-,40+/m1/s1. The van der Waals surface area contributed by atoms with E-state index >= 15 is 4.79 Å². The van der Waals surface area contributed by atoms with E-state index < -0.39 is 70.9 Å². The summed E-state index contributed by atoms with van der Waals surface area (Å²) < 4.78 is 12.9. The Bertz CT molecular complexity index is 1810. The molecule has 6 rings (SSSR count). The molecule has 3 saturated heterocycles. The van der Waals surface area contributed by atoms with Crippen molar-refractivity contribution >= 4 is 56.9 Å². The number of rotatable bonds is 15. The molecule has 3 aliphatic rings. The maximum absolute atomic E-state index is 15.1. The maximum Gasteiger partial charge on any atom is 0.313 e. The van der Waals surface area contributed by atoms with Crippen molar-refractivity contribution in [2.24, 2.45) is 11.8 Å². The third-order valence-corrected chi connectivity index (χ3v) is 11.3. The molecule has 3 fully saturated rings. The smallest absolute Gasteiger partial charge is 0.313 e. The second kappa shape index (κ2) is 16.2. The monoisotopic (exact) mass is 789 g/mol. The number of alkyl halides is 1. The lowest BCUT2D eigenvalue weighted by molar-refractivity contribution is -0.160. The molecule has 0 aromatic heterocycles. The van der Waals surface area contributed by atoms with Crippen LogP contribution in [0.3, 0.4) is 0 Å². The van der Waals surface area contributed by atoms with Crippen molar-refractivity contribution in [3.8, 4) is 0 Å². The molecule has 3 heterocycles. The SMILES string of the molecule is C=CCCC(=O)NC[C@@H](OC(=O)[C@H]1[C@@H]2O[C@@]3(CC2Br)[C@@H]1C(=O)N([C@H](CO)c1ccccc1)[C@@H]3C(=O)N(CC=C)c1ccccc1Cl)c1ccccc1. The molecule has 8 atom stereocenters. The van der Waals surface area contributed by atoms with Gasteiger partial charge in [0.2, 0.25) is 11.8 Å². The van der Waals surface area contributed by atoms with E-state index in [1.165, 1.54) is 9.80 Å². The van der Waals surface area contributed by atoms with Crippen LogP contribution in [0.2, 0.25) is 5.02 Å². The number of aliphatic hydroxyl groups excluding tert-OH is 1. The number of ether oxygens (including phenoxy) is 2. The molecule has 3 aromatic carbocycles. The van der Waals surface area contributed by atoms with Crippen LogP contribution in [0.4, 0.5) is 5.69 Å². The van der Waals surface area contributed by atoms with Crippen molar-refractivity contribution in [3.63, 3.8) is 0 Å². The van der Waals surface area contributed by atoms with E-state index in [1.807, 2.05) is 12.1 Å². The van der Waals surface area contributed by atoms with Crippen LogP contribution in [0, 0.1) is 11.8 Å². The van der Waals surface area contributed by atoms with E-state index in [-0.39, 0.29) is 31.8 Å². The molecule has 52 heavy (non-hydrogen) atoms. The number of carbonyl (C=O) groups excluding carboxylic acids is 4. The molecule has 1 spiro atoms.